The number of aryl methyl sites for hydroxylation is 1. The van der Waals surface area contributed by atoms with Gasteiger partial charge in [0.05, 0.1) is 0 Å². The highest BCUT2D eigenvalue weighted by molar-refractivity contribution is 5.96. The first-order valence-electron chi connectivity index (χ1n) is 5.98. The van der Waals surface area contributed by atoms with E-state index in [1.165, 1.54) is 5.56 Å². The van der Waals surface area contributed by atoms with Gasteiger partial charge in [-0.1, -0.05) is 42.0 Å². The maximum atomic E-state index is 9.46. The lowest BCUT2D eigenvalue weighted by molar-refractivity contribution is 0.252. The number of hydrogen-bond acceptors (Lipinski definition) is 2. The van der Waals surface area contributed by atoms with Gasteiger partial charge in [-0.2, -0.15) is 0 Å². The zero-order valence-electron chi connectivity index (χ0n) is 10.2. The highest BCUT2D eigenvalue weighted by atomic mass is 16.4. The molecule has 2 heteroatoms. The van der Waals surface area contributed by atoms with Crippen molar-refractivity contribution in [1.82, 2.24) is 0 Å². The average molecular weight is 238 g/mol. The van der Waals surface area contributed by atoms with Crippen LogP contribution in [0, 0.1) is 6.92 Å². The molecule has 1 N–H and O–H groups in total. The molecule has 0 bridgehead atoms. The minimum atomic E-state index is -0.0854. The second-order valence-electron chi connectivity index (χ2n) is 4.42. The summed E-state index contributed by atoms with van der Waals surface area (Å²) in [7, 11) is 0. The van der Waals surface area contributed by atoms with Gasteiger partial charge in [0.1, 0.15) is 18.0 Å². The topological polar surface area (TPSA) is 33.4 Å². The van der Waals surface area contributed by atoms with Crippen LogP contribution in [0.3, 0.4) is 0 Å². The quantitative estimate of drug-likeness (QED) is 0.734. The lowest BCUT2D eigenvalue weighted by Crippen LogP contribution is -1.84. The molecule has 0 radical (unpaired) electrons. The summed E-state index contributed by atoms with van der Waals surface area (Å²) in [5.41, 5.74) is 4.08. The molecule has 1 heterocycles. The van der Waals surface area contributed by atoms with Gasteiger partial charge in [0.15, 0.2) is 0 Å². The fourth-order valence-electron chi connectivity index (χ4n) is 2.29. The fraction of sp³-hybridized carbons (Fsp3) is 0.125. The minimum absolute atomic E-state index is 0.0854. The molecule has 0 unspecified atom stereocenters. The Morgan fingerprint density at radius 3 is 2.56 bits per heavy atom. The molecule has 0 aliphatic rings. The van der Waals surface area contributed by atoms with Gasteiger partial charge in [-0.15, -0.1) is 0 Å². The number of hydrogen-bond donors (Lipinski definition) is 1. The third-order valence-electron chi connectivity index (χ3n) is 3.12. The van der Waals surface area contributed by atoms with Crippen molar-refractivity contribution in [2.75, 3.05) is 0 Å². The molecule has 0 amide bonds. The fourth-order valence-corrected chi connectivity index (χ4v) is 2.29. The predicted octanol–water partition coefficient (Wildman–Crippen LogP) is 3.90. The third-order valence-corrected chi connectivity index (χ3v) is 3.12. The van der Waals surface area contributed by atoms with Crippen molar-refractivity contribution >= 4 is 11.0 Å². The van der Waals surface area contributed by atoms with Gasteiger partial charge < -0.3 is 9.52 Å². The average Bonchev–Trinajstić information content (AvgIpc) is 2.77. The number of aliphatic hydroxyl groups is 1. The Hall–Kier alpha value is -2.06. The van der Waals surface area contributed by atoms with Gasteiger partial charge in [0, 0.05) is 10.9 Å². The lowest BCUT2D eigenvalue weighted by atomic mass is 10.0. The Kier molecular flexibility index (Phi) is 2.65. The molecule has 0 saturated heterocycles. The van der Waals surface area contributed by atoms with Gasteiger partial charge >= 0.3 is 0 Å². The smallest absolute Gasteiger partial charge is 0.138 e. The second-order valence-corrected chi connectivity index (χ2v) is 4.42. The summed E-state index contributed by atoms with van der Waals surface area (Å²) in [6.07, 6.45) is 0. The molecule has 0 spiro atoms. The standard InChI is InChI=1S/C16H14O2/c1-11-7-8-14-13(9-11)16(15(10-17)18-14)12-5-3-2-4-6-12/h2-9,17H,10H2,1H3. The van der Waals surface area contributed by atoms with Gasteiger partial charge in [0.2, 0.25) is 0 Å². The van der Waals surface area contributed by atoms with Crippen LogP contribution in [0.2, 0.25) is 0 Å². The van der Waals surface area contributed by atoms with E-state index >= 15 is 0 Å². The first-order chi connectivity index (χ1) is 8.79. The van der Waals surface area contributed by atoms with Crippen LogP contribution in [-0.4, -0.2) is 5.11 Å². The normalized spacial score (nSPS) is 11.0. The van der Waals surface area contributed by atoms with Crippen LogP contribution in [0.15, 0.2) is 52.9 Å². The summed E-state index contributed by atoms with van der Waals surface area (Å²) in [6, 6.07) is 16.1. The highest BCUT2D eigenvalue weighted by Gasteiger charge is 2.14. The van der Waals surface area contributed by atoms with Gasteiger partial charge in [-0.25, -0.2) is 0 Å². The van der Waals surface area contributed by atoms with E-state index in [4.69, 9.17) is 4.42 Å². The number of benzene rings is 2. The Morgan fingerprint density at radius 2 is 1.83 bits per heavy atom. The maximum Gasteiger partial charge on any atom is 0.138 e. The summed E-state index contributed by atoms with van der Waals surface area (Å²) in [6.45, 7) is 1.97. The number of rotatable bonds is 2. The Bertz CT molecular complexity index is 681. The molecule has 0 aliphatic carbocycles. The van der Waals surface area contributed by atoms with E-state index in [9.17, 15) is 5.11 Å². The Morgan fingerprint density at radius 1 is 1.06 bits per heavy atom. The summed E-state index contributed by atoms with van der Waals surface area (Å²) in [4.78, 5) is 0. The van der Waals surface area contributed by atoms with Crippen molar-refractivity contribution in [3.8, 4) is 11.1 Å². The van der Waals surface area contributed by atoms with E-state index in [1.54, 1.807) is 0 Å². The monoisotopic (exact) mass is 238 g/mol. The van der Waals surface area contributed by atoms with Crippen molar-refractivity contribution < 1.29 is 9.52 Å². The number of fused-ring (bicyclic) bond motifs is 1. The molecular weight excluding hydrogens is 224 g/mol. The summed E-state index contributed by atoms with van der Waals surface area (Å²) in [5, 5.41) is 10.5. The minimum Gasteiger partial charge on any atom is -0.458 e. The molecule has 0 fully saturated rings. The molecule has 2 nitrogen and oxygen atoms in total. The number of furan rings is 1. The highest BCUT2D eigenvalue weighted by Crippen LogP contribution is 2.35. The van der Waals surface area contributed by atoms with Crippen molar-refractivity contribution in [2.45, 2.75) is 13.5 Å². The lowest BCUT2D eigenvalue weighted by Gasteiger charge is -2.01. The van der Waals surface area contributed by atoms with Crippen molar-refractivity contribution in [1.29, 1.82) is 0 Å². The molecule has 18 heavy (non-hydrogen) atoms. The molecule has 3 aromatic rings. The first kappa shape index (κ1) is 11.1. The zero-order valence-corrected chi connectivity index (χ0v) is 10.2. The van der Waals surface area contributed by atoms with E-state index in [0.29, 0.717) is 5.76 Å². The van der Waals surface area contributed by atoms with Crippen LogP contribution in [0.5, 0.6) is 0 Å². The predicted molar refractivity (Wildman–Crippen MR) is 72.3 cm³/mol. The van der Waals surface area contributed by atoms with E-state index in [1.807, 2.05) is 42.5 Å². The van der Waals surface area contributed by atoms with Crippen LogP contribution in [0.1, 0.15) is 11.3 Å². The van der Waals surface area contributed by atoms with E-state index in [-0.39, 0.29) is 6.61 Å². The van der Waals surface area contributed by atoms with E-state index in [0.717, 1.165) is 22.1 Å². The zero-order chi connectivity index (χ0) is 12.5. The van der Waals surface area contributed by atoms with Crippen LogP contribution in [-0.2, 0) is 6.61 Å². The van der Waals surface area contributed by atoms with Crippen molar-refractivity contribution in [3.63, 3.8) is 0 Å². The molecule has 2 aromatic carbocycles. The molecular formula is C16H14O2. The summed E-state index contributed by atoms with van der Waals surface area (Å²) in [5.74, 6) is 0.627. The van der Waals surface area contributed by atoms with Crippen molar-refractivity contribution in [3.05, 3.63) is 59.9 Å². The molecule has 0 atom stereocenters. The maximum absolute atomic E-state index is 9.46. The molecule has 1 aromatic heterocycles. The van der Waals surface area contributed by atoms with Gasteiger partial charge in [-0.05, 0) is 24.6 Å². The van der Waals surface area contributed by atoms with E-state index < -0.39 is 0 Å². The molecule has 90 valence electrons. The summed E-state index contributed by atoms with van der Waals surface area (Å²) >= 11 is 0. The third kappa shape index (κ3) is 1.71. The largest absolute Gasteiger partial charge is 0.458 e. The van der Waals surface area contributed by atoms with Crippen LogP contribution >= 0.6 is 0 Å². The molecule has 3 rings (SSSR count). The SMILES string of the molecule is Cc1ccc2oc(CO)c(-c3ccccc3)c2c1. The Balaban J connectivity index is 2.35. The van der Waals surface area contributed by atoms with Crippen LogP contribution in [0.4, 0.5) is 0 Å². The van der Waals surface area contributed by atoms with Crippen LogP contribution < -0.4 is 0 Å². The van der Waals surface area contributed by atoms with Crippen LogP contribution in [0.25, 0.3) is 22.1 Å². The second kappa shape index (κ2) is 4.31. The van der Waals surface area contributed by atoms with Gasteiger partial charge in [0.25, 0.3) is 0 Å². The Labute approximate surface area is 105 Å². The first-order valence-corrected chi connectivity index (χ1v) is 5.98. The van der Waals surface area contributed by atoms with Crippen molar-refractivity contribution in [2.24, 2.45) is 0 Å². The molecule has 0 aliphatic heterocycles. The van der Waals surface area contributed by atoms with Gasteiger partial charge in [-0.3, -0.25) is 0 Å². The number of aliphatic hydroxyl groups excluding tert-OH is 1. The van der Waals surface area contributed by atoms with E-state index in [2.05, 4.69) is 13.0 Å². The molecule has 0 saturated carbocycles. The summed E-state index contributed by atoms with van der Waals surface area (Å²) < 4.78 is 5.71.